The first kappa shape index (κ1) is 15.1. The van der Waals surface area contributed by atoms with E-state index in [9.17, 15) is 4.79 Å². The van der Waals surface area contributed by atoms with E-state index in [4.69, 9.17) is 5.73 Å². The van der Waals surface area contributed by atoms with Crippen LogP contribution in [0.15, 0.2) is 36.7 Å². The van der Waals surface area contributed by atoms with Crippen LogP contribution >= 0.6 is 0 Å². The van der Waals surface area contributed by atoms with E-state index in [1.165, 1.54) is 0 Å². The third-order valence-corrected chi connectivity index (χ3v) is 3.26. The minimum absolute atomic E-state index is 0.0173. The highest BCUT2D eigenvalue weighted by atomic mass is 16.2. The van der Waals surface area contributed by atoms with Crippen molar-refractivity contribution in [3.63, 3.8) is 0 Å². The van der Waals surface area contributed by atoms with Crippen molar-refractivity contribution >= 4 is 11.7 Å². The number of benzene rings is 1. The van der Waals surface area contributed by atoms with Gasteiger partial charge in [0.25, 0.3) is 0 Å². The molecule has 6 nitrogen and oxygen atoms in total. The Labute approximate surface area is 124 Å². The maximum atomic E-state index is 12.0. The SMILES string of the molecule is CCC(NC(=O)Nc1ccc(C(C)N)cc1)c1ncc[nH]1. The van der Waals surface area contributed by atoms with Crippen molar-refractivity contribution in [3.8, 4) is 0 Å². The van der Waals surface area contributed by atoms with Gasteiger partial charge in [0, 0.05) is 24.1 Å². The summed E-state index contributed by atoms with van der Waals surface area (Å²) in [6.07, 6.45) is 4.17. The fourth-order valence-electron chi connectivity index (χ4n) is 2.03. The topological polar surface area (TPSA) is 95.8 Å². The van der Waals surface area contributed by atoms with Crippen LogP contribution in [0.2, 0.25) is 0 Å². The van der Waals surface area contributed by atoms with Gasteiger partial charge >= 0.3 is 6.03 Å². The molecule has 5 N–H and O–H groups in total. The average molecular weight is 287 g/mol. The number of carbonyl (C=O) groups is 1. The standard InChI is InChI=1S/C15H21N5O/c1-3-13(14-17-8-9-18-14)20-15(21)19-12-6-4-11(5-7-12)10(2)16/h4-10,13H,3,16H2,1-2H3,(H,17,18)(H2,19,20,21). The molecule has 2 amide bonds. The lowest BCUT2D eigenvalue weighted by Gasteiger charge is -2.15. The number of anilines is 1. The summed E-state index contributed by atoms with van der Waals surface area (Å²) in [5.41, 5.74) is 7.55. The molecule has 0 aliphatic carbocycles. The fraction of sp³-hybridized carbons (Fsp3) is 0.333. The normalized spacial score (nSPS) is 13.5. The van der Waals surface area contributed by atoms with Crippen LogP contribution in [0, 0.1) is 0 Å². The Morgan fingerprint density at radius 3 is 2.62 bits per heavy atom. The smallest absolute Gasteiger partial charge is 0.319 e. The number of nitrogens with zero attached hydrogens (tertiary/aromatic N) is 1. The molecule has 0 aliphatic heterocycles. The third-order valence-electron chi connectivity index (χ3n) is 3.26. The molecule has 0 saturated heterocycles. The van der Waals surface area contributed by atoms with Gasteiger partial charge in [-0.3, -0.25) is 0 Å². The van der Waals surface area contributed by atoms with Gasteiger partial charge in [0.2, 0.25) is 0 Å². The predicted molar refractivity (Wildman–Crippen MR) is 82.8 cm³/mol. The Bertz CT molecular complexity index is 562. The van der Waals surface area contributed by atoms with Crippen molar-refractivity contribution in [3.05, 3.63) is 48.0 Å². The van der Waals surface area contributed by atoms with Gasteiger partial charge < -0.3 is 21.4 Å². The van der Waals surface area contributed by atoms with Crippen molar-refractivity contribution in [2.75, 3.05) is 5.32 Å². The molecule has 1 heterocycles. The van der Waals surface area contributed by atoms with E-state index >= 15 is 0 Å². The zero-order valence-corrected chi connectivity index (χ0v) is 12.3. The zero-order valence-electron chi connectivity index (χ0n) is 12.3. The maximum Gasteiger partial charge on any atom is 0.319 e. The first-order valence-corrected chi connectivity index (χ1v) is 7.02. The first-order chi connectivity index (χ1) is 10.1. The number of amides is 2. The largest absolute Gasteiger partial charge is 0.347 e. The molecule has 0 spiro atoms. The summed E-state index contributed by atoms with van der Waals surface area (Å²) in [5, 5.41) is 5.69. The number of H-pyrrole nitrogens is 1. The Hall–Kier alpha value is -2.34. The highest BCUT2D eigenvalue weighted by Crippen LogP contribution is 2.15. The minimum Gasteiger partial charge on any atom is -0.347 e. The van der Waals surface area contributed by atoms with Crippen LogP contribution in [0.5, 0.6) is 0 Å². The van der Waals surface area contributed by atoms with Crippen LogP contribution in [0.1, 0.15) is 43.7 Å². The Balaban J connectivity index is 1.94. The molecule has 2 rings (SSSR count). The summed E-state index contributed by atoms with van der Waals surface area (Å²) < 4.78 is 0. The van der Waals surface area contributed by atoms with Crippen LogP contribution in [0.25, 0.3) is 0 Å². The van der Waals surface area contributed by atoms with Crippen LogP contribution in [-0.4, -0.2) is 16.0 Å². The molecule has 0 fully saturated rings. The molecule has 6 heteroatoms. The Morgan fingerprint density at radius 2 is 2.10 bits per heavy atom. The number of nitrogens with one attached hydrogen (secondary N) is 3. The van der Waals surface area contributed by atoms with E-state index < -0.39 is 0 Å². The molecule has 0 bridgehead atoms. The molecule has 0 saturated carbocycles. The Kier molecular flexibility index (Phi) is 4.94. The second-order valence-corrected chi connectivity index (χ2v) is 4.94. The van der Waals surface area contributed by atoms with Gasteiger partial charge in [-0.05, 0) is 31.0 Å². The van der Waals surface area contributed by atoms with Crippen molar-refractivity contribution in [2.24, 2.45) is 5.73 Å². The van der Waals surface area contributed by atoms with E-state index in [1.54, 1.807) is 12.4 Å². The third kappa shape index (κ3) is 4.06. The lowest BCUT2D eigenvalue weighted by atomic mass is 10.1. The predicted octanol–water partition coefficient (Wildman–Crippen LogP) is 2.70. The Morgan fingerprint density at radius 1 is 1.38 bits per heavy atom. The zero-order chi connectivity index (χ0) is 15.2. The lowest BCUT2D eigenvalue weighted by molar-refractivity contribution is 0.247. The summed E-state index contributed by atoms with van der Waals surface area (Å²) in [4.78, 5) is 19.2. The molecule has 2 atom stereocenters. The second kappa shape index (κ2) is 6.90. The van der Waals surface area contributed by atoms with Gasteiger partial charge in [-0.2, -0.15) is 0 Å². The number of urea groups is 1. The minimum atomic E-state index is -0.258. The second-order valence-electron chi connectivity index (χ2n) is 4.94. The summed E-state index contributed by atoms with van der Waals surface area (Å²) in [6, 6.07) is 7.08. The molecule has 0 radical (unpaired) electrons. The molecule has 2 unspecified atom stereocenters. The van der Waals surface area contributed by atoms with Crippen molar-refractivity contribution in [2.45, 2.75) is 32.4 Å². The molecule has 21 heavy (non-hydrogen) atoms. The summed E-state index contributed by atoms with van der Waals surface area (Å²) in [6.45, 7) is 3.91. The van der Waals surface area contributed by atoms with Gasteiger partial charge in [0.15, 0.2) is 0 Å². The number of hydrogen-bond acceptors (Lipinski definition) is 3. The summed E-state index contributed by atoms with van der Waals surface area (Å²) >= 11 is 0. The van der Waals surface area contributed by atoms with Crippen molar-refractivity contribution < 1.29 is 4.79 Å². The van der Waals surface area contributed by atoms with Gasteiger partial charge in [-0.25, -0.2) is 9.78 Å². The molecular formula is C15H21N5O. The highest BCUT2D eigenvalue weighted by Gasteiger charge is 2.14. The number of rotatable bonds is 5. The van der Waals surface area contributed by atoms with E-state index in [0.717, 1.165) is 23.5 Å². The van der Waals surface area contributed by atoms with Crippen molar-refractivity contribution in [1.29, 1.82) is 0 Å². The lowest BCUT2D eigenvalue weighted by Crippen LogP contribution is -2.32. The average Bonchev–Trinajstić information content (AvgIpc) is 2.99. The molecule has 1 aromatic heterocycles. The van der Waals surface area contributed by atoms with Gasteiger partial charge in [0.05, 0.1) is 6.04 Å². The van der Waals surface area contributed by atoms with E-state index in [2.05, 4.69) is 20.6 Å². The van der Waals surface area contributed by atoms with Crippen molar-refractivity contribution in [1.82, 2.24) is 15.3 Å². The monoisotopic (exact) mass is 287 g/mol. The number of hydrogen-bond donors (Lipinski definition) is 4. The van der Waals surface area contributed by atoms with Gasteiger partial charge in [-0.15, -0.1) is 0 Å². The molecule has 0 aliphatic rings. The number of aromatic amines is 1. The number of aromatic nitrogens is 2. The van der Waals surface area contributed by atoms with Gasteiger partial charge in [-0.1, -0.05) is 19.1 Å². The van der Waals surface area contributed by atoms with Crippen LogP contribution in [0.3, 0.4) is 0 Å². The number of imidazole rings is 1. The van der Waals surface area contributed by atoms with Crippen LogP contribution in [-0.2, 0) is 0 Å². The van der Waals surface area contributed by atoms with Gasteiger partial charge in [0.1, 0.15) is 5.82 Å². The maximum absolute atomic E-state index is 12.0. The molecule has 1 aromatic carbocycles. The fourth-order valence-corrected chi connectivity index (χ4v) is 2.03. The highest BCUT2D eigenvalue weighted by molar-refractivity contribution is 5.89. The van der Waals surface area contributed by atoms with E-state index in [1.807, 2.05) is 38.1 Å². The molecule has 112 valence electrons. The van der Waals surface area contributed by atoms with Crippen LogP contribution in [0.4, 0.5) is 10.5 Å². The number of carbonyl (C=O) groups excluding carboxylic acids is 1. The summed E-state index contributed by atoms with van der Waals surface area (Å²) in [5.74, 6) is 0.750. The molecule has 2 aromatic rings. The first-order valence-electron chi connectivity index (χ1n) is 7.02. The van der Waals surface area contributed by atoms with E-state index in [0.29, 0.717) is 0 Å². The summed E-state index contributed by atoms with van der Waals surface area (Å²) in [7, 11) is 0. The number of nitrogens with two attached hydrogens (primary N) is 1. The molecular weight excluding hydrogens is 266 g/mol. The van der Waals surface area contributed by atoms with Crippen LogP contribution < -0.4 is 16.4 Å². The quantitative estimate of drug-likeness (QED) is 0.680. The van der Waals surface area contributed by atoms with E-state index in [-0.39, 0.29) is 18.1 Å².